The van der Waals surface area contributed by atoms with Gasteiger partial charge in [-0.05, 0) is 24.5 Å². The van der Waals surface area contributed by atoms with Crippen molar-refractivity contribution in [1.29, 1.82) is 0 Å². The lowest BCUT2D eigenvalue weighted by Gasteiger charge is -2.28. The van der Waals surface area contributed by atoms with E-state index in [1.807, 2.05) is 30.3 Å². The van der Waals surface area contributed by atoms with E-state index in [-0.39, 0.29) is 12.6 Å². The number of carboxylic acid groups (broad SMARTS) is 1. The highest BCUT2D eigenvalue weighted by Gasteiger charge is 2.42. The first kappa shape index (κ1) is 17.7. The molecule has 0 radical (unpaired) electrons. The minimum Gasteiger partial charge on any atom is -0.481 e. The molecule has 1 aromatic heterocycles. The molecule has 7 heteroatoms. The normalized spacial score (nSPS) is 14.3. The van der Waals surface area contributed by atoms with Crippen LogP contribution >= 0.6 is 0 Å². The van der Waals surface area contributed by atoms with Crippen LogP contribution in [0.25, 0.3) is 0 Å². The van der Waals surface area contributed by atoms with Gasteiger partial charge in [-0.15, -0.1) is 0 Å². The quantitative estimate of drug-likeness (QED) is 0.820. The molecule has 0 aliphatic heterocycles. The first-order valence-electron chi connectivity index (χ1n) is 8.32. The first-order chi connectivity index (χ1) is 12.6. The van der Waals surface area contributed by atoms with E-state index in [9.17, 15) is 14.7 Å². The van der Waals surface area contributed by atoms with Gasteiger partial charge in [0.15, 0.2) is 6.04 Å². The molecule has 0 spiro atoms. The second kappa shape index (κ2) is 7.86. The Morgan fingerprint density at radius 2 is 1.96 bits per heavy atom. The highest BCUT2D eigenvalue weighted by Crippen LogP contribution is 2.35. The minimum atomic E-state index is -1.15. The van der Waals surface area contributed by atoms with Crippen molar-refractivity contribution in [3.8, 4) is 5.88 Å². The van der Waals surface area contributed by atoms with Crippen LogP contribution in [0.3, 0.4) is 0 Å². The highest BCUT2D eigenvalue weighted by atomic mass is 16.6. The van der Waals surface area contributed by atoms with Gasteiger partial charge in [0, 0.05) is 23.9 Å². The molecule has 1 heterocycles. The van der Waals surface area contributed by atoms with E-state index in [4.69, 9.17) is 9.47 Å². The number of aliphatic carboxylic acids is 1. The number of aromatic nitrogens is 1. The molecule has 0 saturated heterocycles. The summed E-state index contributed by atoms with van der Waals surface area (Å²) >= 11 is 0. The fourth-order valence-corrected chi connectivity index (χ4v) is 2.71. The number of carbonyl (C=O) groups is 2. The Kier molecular flexibility index (Phi) is 5.36. The molecule has 1 amide bonds. The van der Waals surface area contributed by atoms with Crippen LogP contribution in [0.5, 0.6) is 5.88 Å². The van der Waals surface area contributed by atoms with Gasteiger partial charge in [-0.25, -0.2) is 14.6 Å². The number of carbonyl (C=O) groups excluding carboxylic acids is 1. The summed E-state index contributed by atoms with van der Waals surface area (Å²) in [5, 5.41) is 9.73. The maximum Gasteiger partial charge on any atom is 0.411 e. The van der Waals surface area contributed by atoms with Gasteiger partial charge >= 0.3 is 12.1 Å². The average molecular weight is 356 g/mol. The van der Waals surface area contributed by atoms with Crippen molar-refractivity contribution in [2.24, 2.45) is 0 Å². The van der Waals surface area contributed by atoms with Crippen LogP contribution in [0.4, 0.5) is 4.79 Å². The highest BCUT2D eigenvalue weighted by molar-refractivity contribution is 5.82. The SMILES string of the molecule is COc1ccc(C(C(=O)O)N(C(=O)OCc2ccccc2)C2CC2)cn1. The fourth-order valence-electron chi connectivity index (χ4n) is 2.71. The van der Waals surface area contributed by atoms with Crippen molar-refractivity contribution in [1.82, 2.24) is 9.88 Å². The lowest BCUT2D eigenvalue weighted by atomic mass is 10.1. The van der Waals surface area contributed by atoms with E-state index in [1.165, 1.54) is 18.2 Å². The molecule has 26 heavy (non-hydrogen) atoms. The molecule has 1 N–H and O–H groups in total. The van der Waals surface area contributed by atoms with Crippen LogP contribution in [-0.2, 0) is 16.1 Å². The Bertz CT molecular complexity index is 759. The molecule has 3 rings (SSSR count). The molecular weight excluding hydrogens is 336 g/mol. The van der Waals surface area contributed by atoms with Crippen LogP contribution in [0.15, 0.2) is 48.7 Å². The maximum absolute atomic E-state index is 12.6. The zero-order chi connectivity index (χ0) is 18.5. The van der Waals surface area contributed by atoms with Gasteiger partial charge in [-0.2, -0.15) is 0 Å². The van der Waals surface area contributed by atoms with Gasteiger partial charge in [-0.3, -0.25) is 4.90 Å². The average Bonchev–Trinajstić information content (AvgIpc) is 3.49. The zero-order valence-corrected chi connectivity index (χ0v) is 14.4. The van der Waals surface area contributed by atoms with Gasteiger partial charge in [-0.1, -0.05) is 30.3 Å². The third-order valence-corrected chi connectivity index (χ3v) is 4.15. The van der Waals surface area contributed by atoms with Crippen molar-refractivity contribution >= 4 is 12.1 Å². The fraction of sp³-hybridized carbons (Fsp3) is 0.316. The summed E-state index contributed by atoms with van der Waals surface area (Å²) in [6.07, 6.45) is 2.29. The Labute approximate surface area is 151 Å². The predicted octanol–water partition coefficient (Wildman–Crippen LogP) is 3.02. The van der Waals surface area contributed by atoms with Crippen LogP contribution < -0.4 is 4.74 Å². The molecule has 136 valence electrons. The van der Waals surface area contributed by atoms with Crippen LogP contribution in [0, 0.1) is 0 Å². The Balaban J connectivity index is 1.79. The summed E-state index contributed by atoms with van der Waals surface area (Å²) in [6.45, 7) is 0.0933. The van der Waals surface area contributed by atoms with E-state index >= 15 is 0 Å². The maximum atomic E-state index is 12.6. The molecule has 1 aliphatic rings. The minimum absolute atomic E-state index is 0.0933. The van der Waals surface area contributed by atoms with E-state index in [2.05, 4.69) is 4.98 Å². The summed E-state index contributed by atoms with van der Waals surface area (Å²) < 4.78 is 10.4. The third kappa shape index (κ3) is 4.11. The molecule has 7 nitrogen and oxygen atoms in total. The number of carboxylic acids is 1. The number of nitrogens with zero attached hydrogens (tertiary/aromatic N) is 2. The van der Waals surface area contributed by atoms with Crippen molar-refractivity contribution in [2.45, 2.75) is 31.5 Å². The number of amides is 1. The van der Waals surface area contributed by atoms with E-state index in [1.54, 1.807) is 12.1 Å². The molecule has 0 bridgehead atoms. The smallest absolute Gasteiger partial charge is 0.411 e. The number of benzene rings is 1. The summed E-state index contributed by atoms with van der Waals surface area (Å²) in [5.41, 5.74) is 1.25. The number of hydrogen-bond donors (Lipinski definition) is 1. The molecule has 1 atom stereocenters. The van der Waals surface area contributed by atoms with Crippen LogP contribution in [-0.4, -0.2) is 40.2 Å². The molecule has 1 aliphatic carbocycles. The largest absolute Gasteiger partial charge is 0.481 e. The van der Waals surface area contributed by atoms with Crippen molar-refractivity contribution in [2.75, 3.05) is 7.11 Å². The molecule has 2 aromatic rings. The number of ether oxygens (including phenoxy) is 2. The zero-order valence-electron chi connectivity index (χ0n) is 14.4. The Hall–Kier alpha value is -3.09. The molecule has 1 unspecified atom stereocenters. The van der Waals surface area contributed by atoms with Gasteiger partial charge in [0.2, 0.25) is 5.88 Å². The number of rotatable bonds is 7. The summed E-state index contributed by atoms with van der Waals surface area (Å²) in [4.78, 5) is 29.9. The Morgan fingerprint density at radius 3 is 2.50 bits per heavy atom. The van der Waals surface area contributed by atoms with E-state index < -0.39 is 18.1 Å². The second-order valence-corrected chi connectivity index (χ2v) is 6.05. The predicted molar refractivity (Wildman–Crippen MR) is 92.7 cm³/mol. The van der Waals surface area contributed by atoms with Gasteiger partial charge in [0.05, 0.1) is 7.11 Å². The van der Waals surface area contributed by atoms with Crippen LogP contribution in [0.1, 0.15) is 30.0 Å². The summed E-state index contributed by atoms with van der Waals surface area (Å²) in [7, 11) is 1.48. The van der Waals surface area contributed by atoms with Crippen LogP contribution in [0.2, 0.25) is 0 Å². The molecule has 1 fully saturated rings. The van der Waals surface area contributed by atoms with Crippen molar-refractivity contribution in [3.63, 3.8) is 0 Å². The Morgan fingerprint density at radius 1 is 1.23 bits per heavy atom. The van der Waals surface area contributed by atoms with Gasteiger partial charge in [0.1, 0.15) is 6.61 Å². The number of methoxy groups -OCH3 is 1. The topological polar surface area (TPSA) is 89.0 Å². The number of pyridine rings is 1. The lowest BCUT2D eigenvalue weighted by molar-refractivity contribution is -0.143. The molecule has 1 saturated carbocycles. The van der Waals surface area contributed by atoms with Gasteiger partial charge in [0.25, 0.3) is 0 Å². The third-order valence-electron chi connectivity index (χ3n) is 4.15. The number of hydrogen-bond acceptors (Lipinski definition) is 5. The van der Waals surface area contributed by atoms with E-state index in [0.717, 1.165) is 18.4 Å². The molecule has 1 aromatic carbocycles. The van der Waals surface area contributed by atoms with E-state index in [0.29, 0.717) is 11.4 Å². The lowest BCUT2D eigenvalue weighted by Crippen LogP contribution is -2.41. The van der Waals surface area contributed by atoms with Gasteiger partial charge < -0.3 is 14.6 Å². The monoisotopic (exact) mass is 356 g/mol. The van der Waals surface area contributed by atoms with Crippen molar-refractivity contribution in [3.05, 3.63) is 59.8 Å². The molecular formula is C19H20N2O5. The second-order valence-electron chi connectivity index (χ2n) is 6.05. The summed E-state index contributed by atoms with van der Waals surface area (Å²) in [6, 6.07) is 11.2. The standard InChI is InChI=1S/C19H20N2O5/c1-25-16-10-7-14(11-20-16)17(18(22)23)21(15-8-9-15)19(24)26-12-13-5-3-2-4-6-13/h2-7,10-11,15,17H,8-9,12H2,1H3,(H,22,23). The summed E-state index contributed by atoms with van der Waals surface area (Å²) in [5.74, 6) is -0.747. The van der Waals surface area contributed by atoms with Crippen molar-refractivity contribution < 1.29 is 24.2 Å². The first-order valence-corrected chi connectivity index (χ1v) is 8.32.